The number of nitrogens with zero attached hydrogens (tertiary/aromatic N) is 4. The van der Waals surface area contributed by atoms with Gasteiger partial charge in [-0.25, -0.2) is 4.68 Å². The molecule has 0 aliphatic rings. The van der Waals surface area contributed by atoms with E-state index in [1.54, 1.807) is 0 Å². The van der Waals surface area contributed by atoms with Gasteiger partial charge >= 0.3 is 0 Å². The van der Waals surface area contributed by atoms with Gasteiger partial charge in [0.1, 0.15) is 0 Å². The minimum Gasteiger partial charge on any atom is -0.239 e. The van der Waals surface area contributed by atoms with Gasteiger partial charge in [0, 0.05) is 13.0 Å². The summed E-state index contributed by atoms with van der Waals surface area (Å²) in [6.07, 6.45) is 4.98. The van der Waals surface area contributed by atoms with E-state index in [0.717, 1.165) is 37.0 Å². The summed E-state index contributed by atoms with van der Waals surface area (Å²) >= 11 is 6.54. The number of nitriles is 1. The lowest BCUT2D eigenvalue weighted by Crippen LogP contribution is -2.00. The lowest BCUT2D eigenvalue weighted by atomic mass is 10.1. The Morgan fingerprint density at radius 3 is 2.53 bits per heavy atom. The zero-order chi connectivity index (χ0) is 11.1. The van der Waals surface area contributed by atoms with Crippen LogP contribution in [0.15, 0.2) is 9.47 Å². The van der Waals surface area contributed by atoms with Gasteiger partial charge in [-0.05, 0) is 44.7 Å². The first-order valence-electron chi connectivity index (χ1n) is 4.87. The van der Waals surface area contributed by atoms with Gasteiger partial charge in [-0.1, -0.05) is 12.8 Å². The largest absolute Gasteiger partial charge is 0.239 e. The summed E-state index contributed by atoms with van der Waals surface area (Å²) in [6, 6.07) is 2.15. The molecule has 15 heavy (non-hydrogen) atoms. The maximum Gasteiger partial charge on any atom is 0.218 e. The van der Waals surface area contributed by atoms with E-state index >= 15 is 0 Å². The fourth-order valence-electron chi connectivity index (χ4n) is 1.26. The summed E-state index contributed by atoms with van der Waals surface area (Å²) in [5.41, 5.74) is 0. The Labute approximate surface area is 106 Å². The molecule has 82 valence electrons. The van der Waals surface area contributed by atoms with Crippen LogP contribution in [0.5, 0.6) is 0 Å². The van der Waals surface area contributed by atoms with Crippen LogP contribution in [0.1, 0.15) is 32.1 Å². The normalized spacial score (nSPS) is 10.2. The van der Waals surface area contributed by atoms with Crippen molar-refractivity contribution in [1.29, 1.82) is 5.26 Å². The predicted octanol–water partition coefficient (Wildman–Crippen LogP) is 3.28. The van der Waals surface area contributed by atoms with Crippen molar-refractivity contribution in [3.63, 3.8) is 0 Å². The molecule has 0 radical (unpaired) electrons. The third-order valence-electron chi connectivity index (χ3n) is 2.01. The molecule has 0 atom stereocenters. The number of halogens is 2. The first-order chi connectivity index (χ1) is 7.24. The van der Waals surface area contributed by atoms with Crippen LogP contribution in [0.25, 0.3) is 0 Å². The summed E-state index contributed by atoms with van der Waals surface area (Å²) in [5, 5.41) is 12.5. The van der Waals surface area contributed by atoms with Gasteiger partial charge in [-0.3, -0.25) is 0 Å². The number of hydrogen-bond acceptors (Lipinski definition) is 3. The molecule has 0 unspecified atom stereocenters. The highest BCUT2D eigenvalue weighted by Crippen LogP contribution is 2.12. The van der Waals surface area contributed by atoms with Crippen molar-refractivity contribution < 1.29 is 0 Å². The lowest BCUT2D eigenvalue weighted by Gasteiger charge is -2.01. The highest BCUT2D eigenvalue weighted by atomic mass is 79.9. The van der Waals surface area contributed by atoms with Crippen molar-refractivity contribution in [3.8, 4) is 6.07 Å². The Balaban J connectivity index is 2.15. The van der Waals surface area contributed by atoms with Crippen LogP contribution in [0.3, 0.4) is 0 Å². The van der Waals surface area contributed by atoms with E-state index in [1.165, 1.54) is 0 Å². The Morgan fingerprint density at radius 1 is 1.20 bits per heavy atom. The van der Waals surface area contributed by atoms with E-state index < -0.39 is 0 Å². The fourth-order valence-corrected chi connectivity index (χ4v) is 2.28. The second kappa shape index (κ2) is 6.96. The summed E-state index contributed by atoms with van der Waals surface area (Å²) in [4.78, 5) is 4.08. The summed E-state index contributed by atoms with van der Waals surface area (Å²) in [7, 11) is 0. The third-order valence-corrected chi connectivity index (χ3v) is 2.93. The topological polar surface area (TPSA) is 54.5 Å². The smallest absolute Gasteiger partial charge is 0.218 e. The molecule has 4 nitrogen and oxygen atoms in total. The van der Waals surface area contributed by atoms with Crippen LogP contribution in [0.4, 0.5) is 0 Å². The first-order valence-corrected chi connectivity index (χ1v) is 6.45. The summed E-state index contributed by atoms with van der Waals surface area (Å²) in [5.74, 6) is 0. The molecule has 0 aliphatic carbocycles. The van der Waals surface area contributed by atoms with Gasteiger partial charge in [0.15, 0.2) is 4.73 Å². The molecule has 0 aromatic carbocycles. The van der Waals surface area contributed by atoms with Gasteiger partial charge in [0.2, 0.25) is 4.73 Å². The lowest BCUT2D eigenvalue weighted by molar-refractivity contribution is 0.527. The third kappa shape index (κ3) is 4.76. The monoisotopic (exact) mass is 334 g/mol. The molecule has 0 saturated carbocycles. The zero-order valence-electron chi connectivity index (χ0n) is 8.29. The van der Waals surface area contributed by atoms with Gasteiger partial charge in [0.25, 0.3) is 0 Å². The minimum atomic E-state index is 0.610. The van der Waals surface area contributed by atoms with Gasteiger partial charge in [-0.2, -0.15) is 10.2 Å². The average Bonchev–Trinajstić information content (AvgIpc) is 2.51. The molecule has 6 heteroatoms. The molecule has 1 rings (SSSR count). The van der Waals surface area contributed by atoms with E-state index in [1.807, 2.05) is 4.68 Å². The Kier molecular flexibility index (Phi) is 5.88. The molecule has 1 aromatic heterocycles. The van der Waals surface area contributed by atoms with Crippen LogP contribution in [0.2, 0.25) is 0 Å². The second-order valence-corrected chi connectivity index (χ2v) is 4.61. The average molecular weight is 336 g/mol. The van der Waals surface area contributed by atoms with Gasteiger partial charge in [-0.15, -0.1) is 5.10 Å². The van der Waals surface area contributed by atoms with Gasteiger partial charge < -0.3 is 0 Å². The molecule has 0 N–H and O–H groups in total. The predicted molar refractivity (Wildman–Crippen MR) is 64.1 cm³/mol. The molecular formula is C9H12Br2N4. The van der Waals surface area contributed by atoms with E-state index in [2.05, 4.69) is 48.0 Å². The molecule has 0 fully saturated rings. The quantitative estimate of drug-likeness (QED) is 0.749. The maximum absolute atomic E-state index is 8.36. The minimum absolute atomic E-state index is 0.610. The van der Waals surface area contributed by atoms with Crippen molar-refractivity contribution in [2.75, 3.05) is 0 Å². The van der Waals surface area contributed by atoms with Gasteiger partial charge in [0.05, 0.1) is 6.07 Å². The van der Waals surface area contributed by atoms with Crippen LogP contribution < -0.4 is 0 Å². The van der Waals surface area contributed by atoms with Crippen LogP contribution in [-0.4, -0.2) is 14.8 Å². The van der Waals surface area contributed by atoms with Crippen molar-refractivity contribution in [1.82, 2.24) is 14.8 Å². The van der Waals surface area contributed by atoms with Crippen molar-refractivity contribution in [2.45, 2.75) is 38.6 Å². The fraction of sp³-hybridized carbons (Fsp3) is 0.667. The molecule has 0 amide bonds. The molecule has 1 heterocycles. The van der Waals surface area contributed by atoms with Crippen molar-refractivity contribution in [3.05, 3.63) is 9.47 Å². The number of aromatic nitrogens is 3. The van der Waals surface area contributed by atoms with Crippen LogP contribution in [-0.2, 0) is 6.54 Å². The number of unbranched alkanes of at least 4 members (excludes halogenated alkanes) is 4. The Bertz CT molecular complexity index is 342. The summed E-state index contributed by atoms with van der Waals surface area (Å²) < 4.78 is 3.19. The molecule has 0 aliphatic heterocycles. The Hall–Kier alpha value is -0.410. The van der Waals surface area contributed by atoms with E-state index in [0.29, 0.717) is 11.2 Å². The van der Waals surface area contributed by atoms with Crippen molar-refractivity contribution in [2.24, 2.45) is 0 Å². The van der Waals surface area contributed by atoms with Crippen LogP contribution in [0, 0.1) is 11.3 Å². The second-order valence-electron chi connectivity index (χ2n) is 3.20. The number of rotatable bonds is 6. The van der Waals surface area contributed by atoms with E-state index in [-0.39, 0.29) is 0 Å². The maximum atomic E-state index is 8.36. The first kappa shape index (κ1) is 12.7. The number of hydrogen-bond donors (Lipinski definition) is 0. The molecule has 0 spiro atoms. The van der Waals surface area contributed by atoms with Crippen molar-refractivity contribution >= 4 is 31.9 Å². The highest BCUT2D eigenvalue weighted by molar-refractivity contribution is 9.11. The van der Waals surface area contributed by atoms with Crippen LogP contribution >= 0.6 is 31.9 Å². The molecule has 1 aromatic rings. The summed E-state index contributed by atoms with van der Waals surface area (Å²) in [6.45, 7) is 0.867. The highest BCUT2D eigenvalue weighted by Gasteiger charge is 2.03. The molecular weight excluding hydrogens is 324 g/mol. The SMILES string of the molecule is N#CCCCCCCn1nc(Br)nc1Br. The number of aryl methyl sites for hydroxylation is 1. The van der Waals surface area contributed by atoms with E-state index in [4.69, 9.17) is 5.26 Å². The standard InChI is InChI=1S/C9H12Br2N4/c10-8-13-9(11)15(14-8)7-5-3-1-2-4-6-12/h1-5,7H2. The zero-order valence-corrected chi connectivity index (χ0v) is 11.5. The molecule has 0 saturated heterocycles. The Morgan fingerprint density at radius 2 is 1.93 bits per heavy atom. The molecule has 0 bridgehead atoms. The van der Waals surface area contributed by atoms with E-state index in [9.17, 15) is 0 Å².